The molecule has 1 N–H and O–H groups in total. The minimum Gasteiger partial charge on any atom is -0.463 e. The fourth-order valence-corrected chi connectivity index (χ4v) is 2.59. The Kier molecular flexibility index (Phi) is 9.23. The highest BCUT2D eigenvalue weighted by molar-refractivity contribution is 5.82. The van der Waals surface area contributed by atoms with Gasteiger partial charge in [0.05, 0.1) is 6.61 Å². The van der Waals surface area contributed by atoms with E-state index in [1.165, 1.54) is 6.08 Å². The lowest BCUT2D eigenvalue weighted by molar-refractivity contribution is -0.276. The van der Waals surface area contributed by atoms with Gasteiger partial charge in [0.1, 0.15) is 18.8 Å². The first-order valence-corrected chi connectivity index (χ1v) is 8.60. The minimum absolute atomic E-state index is 0.214. The second-order valence-electron chi connectivity index (χ2n) is 6.11. The van der Waals surface area contributed by atoms with Gasteiger partial charge in [-0.15, -0.1) is 6.58 Å². The van der Waals surface area contributed by atoms with Crippen LogP contribution in [0.15, 0.2) is 12.7 Å². The number of carbonyl (C=O) groups is 4. The van der Waals surface area contributed by atoms with Crippen LogP contribution in [0.4, 0.5) is 13.2 Å². The number of amides is 1. The van der Waals surface area contributed by atoms with E-state index in [0.717, 1.165) is 20.8 Å². The van der Waals surface area contributed by atoms with Crippen molar-refractivity contribution in [2.24, 2.45) is 0 Å². The Bertz CT molecular complexity index is 667. The third kappa shape index (κ3) is 7.63. The zero-order valence-corrected chi connectivity index (χ0v) is 16.4. The first kappa shape index (κ1) is 25.4. The molecular weight excluding hydrogens is 419 g/mol. The van der Waals surface area contributed by atoms with Gasteiger partial charge >= 0.3 is 30.0 Å². The molecule has 0 aliphatic carbocycles. The maximum absolute atomic E-state index is 12.8. The molecule has 10 nitrogen and oxygen atoms in total. The van der Waals surface area contributed by atoms with Gasteiger partial charge in [-0.2, -0.15) is 13.2 Å². The number of alkyl halides is 3. The van der Waals surface area contributed by atoms with Crippen LogP contribution in [0.2, 0.25) is 0 Å². The van der Waals surface area contributed by atoms with Crippen LogP contribution in [-0.2, 0) is 42.9 Å². The Labute approximate surface area is 169 Å². The summed E-state index contributed by atoms with van der Waals surface area (Å²) in [7, 11) is 0. The average molecular weight is 441 g/mol. The third-order valence-electron chi connectivity index (χ3n) is 3.63. The predicted molar refractivity (Wildman–Crippen MR) is 90.5 cm³/mol. The smallest absolute Gasteiger partial charge is 0.463 e. The molecule has 0 aromatic carbocycles. The Morgan fingerprint density at radius 3 is 2.07 bits per heavy atom. The SMILES string of the molecule is C=CCO[C@H]1O[C@H](COC(C)=O)[C@@H](OC(C)=O)[C@H](OC(C)=O)[C@H]1NC(=O)C(F)(F)F. The highest BCUT2D eigenvalue weighted by Crippen LogP contribution is 2.29. The molecule has 1 amide bonds. The van der Waals surface area contributed by atoms with Gasteiger partial charge < -0.3 is 29.0 Å². The topological polar surface area (TPSA) is 126 Å². The number of esters is 3. The highest BCUT2D eigenvalue weighted by Gasteiger charge is 2.53. The van der Waals surface area contributed by atoms with Gasteiger partial charge in [-0.25, -0.2) is 0 Å². The predicted octanol–water partition coefficient (Wildman–Crippen LogP) is 0.387. The van der Waals surface area contributed by atoms with Crippen molar-refractivity contribution in [3.63, 3.8) is 0 Å². The normalized spacial score (nSPS) is 26.3. The lowest BCUT2D eigenvalue weighted by Crippen LogP contribution is -2.67. The maximum Gasteiger partial charge on any atom is 0.471 e. The molecule has 1 rings (SSSR count). The molecule has 1 aliphatic heterocycles. The van der Waals surface area contributed by atoms with Gasteiger partial charge in [0.15, 0.2) is 18.5 Å². The second-order valence-corrected chi connectivity index (χ2v) is 6.11. The van der Waals surface area contributed by atoms with Crippen molar-refractivity contribution in [1.82, 2.24) is 5.32 Å². The van der Waals surface area contributed by atoms with Gasteiger partial charge in [-0.3, -0.25) is 19.2 Å². The third-order valence-corrected chi connectivity index (χ3v) is 3.63. The van der Waals surface area contributed by atoms with Gasteiger partial charge in [0, 0.05) is 20.8 Å². The van der Waals surface area contributed by atoms with E-state index in [-0.39, 0.29) is 6.61 Å². The lowest BCUT2D eigenvalue weighted by Gasteiger charge is -2.44. The van der Waals surface area contributed by atoms with Crippen molar-refractivity contribution < 1.29 is 56.0 Å². The van der Waals surface area contributed by atoms with E-state index in [2.05, 4.69) is 6.58 Å². The number of nitrogens with one attached hydrogen (secondary N) is 1. The highest BCUT2D eigenvalue weighted by atomic mass is 19.4. The number of ether oxygens (including phenoxy) is 5. The van der Waals surface area contributed by atoms with E-state index in [9.17, 15) is 32.3 Å². The van der Waals surface area contributed by atoms with Crippen molar-refractivity contribution in [2.45, 2.75) is 57.6 Å². The summed E-state index contributed by atoms with van der Waals surface area (Å²) in [6, 6.07) is -1.72. The summed E-state index contributed by atoms with van der Waals surface area (Å²) in [6.45, 7) is 5.73. The molecule has 0 radical (unpaired) electrons. The summed E-state index contributed by atoms with van der Waals surface area (Å²) in [5.41, 5.74) is 0. The van der Waals surface area contributed by atoms with Crippen molar-refractivity contribution in [1.29, 1.82) is 0 Å². The summed E-state index contributed by atoms with van der Waals surface area (Å²) in [5.74, 6) is -4.92. The summed E-state index contributed by atoms with van der Waals surface area (Å²) in [4.78, 5) is 45.8. The lowest BCUT2D eigenvalue weighted by atomic mass is 9.96. The van der Waals surface area contributed by atoms with E-state index in [4.69, 9.17) is 23.7 Å². The molecule has 13 heteroatoms. The first-order valence-electron chi connectivity index (χ1n) is 8.60. The summed E-state index contributed by atoms with van der Waals surface area (Å²) >= 11 is 0. The molecule has 170 valence electrons. The monoisotopic (exact) mass is 441 g/mol. The molecule has 30 heavy (non-hydrogen) atoms. The number of hydrogen-bond acceptors (Lipinski definition) is 9. The molecule has 1 fully saturated rings. The Hall–Kier alpha value is -2.67. The van der Waals surface area contributed by atoms with Crippen molar-refractivity contribution >= 4 is 23.8 Å². The number of rotatable bonds is 8. The van der Waals surface area contributed by atoms with Crippen molar-refractivity contribution in [3.8, 4) is 0 Å². The molecule has 1 aliphatic rings. The van der Waals surface area contributed by atoms with Crippen LogP contribution in [0, 0.1) is 0 Å². The quantitative estimate of drug-likeness (QED) is 0.323. The standard InChI is InChI=1S/C17H22F3NO9/c1-5-6-26-15-12(21-16(25)17(18,19)20)14(29-10(4)24)13(28-9(3)23)11(30-15)7-27-8(2)22/h5,11-15H,1,6-7H2,2-4H3,(H,21,25)/t11-,12-,13-,14-,15+/m1/s1. The molecule has 5 atom stereocenters. The van der Waals surface area contributed by atoms with Crippen molar-refractivity contribution in [2.75, 3.05) is 13.2 Å². The van der Waals surface area contributed by atoms with E-state index in [1.54, 1.807) is 5.32 Å². The largest absolute Gasteiger partial charge is 0.471 e. The Morgan fingerprint density at radius 1 is 1.03 bits per heavy atom. The molecule has 0 saturated carbocycles. The molecule has 0 spiro atoms. The van der Waals surface area contributed by atoms with Crippen LogP contribution < -0.4 is 5.32 Å². The zero-order chi connectivity index (χ0) is 23.1. The fraction of sp³-hybridized carbons (Fsp3) is 0.647. The van der Waals surface area contributed by atoms with E-state index < -0.39 is 67.2 Å². The maximum atomic E-state index is 12.8. The van der Waals surface area contributed by atoms with Gasteiger partial charge in [0.2, 0.25) is 0 Å². The molecule has 1 saturated heterocycles. The number of halogens is 3. The first-order chi connectivity index (χ1) is 13.9. The van der Waals surface area contributed by atoms with Crippen LogP contribution in [0.3, 0.4) is 0 Å². The molecule has 0 bridgehead atoms. The molecular formula is C17H22F3NO9. The average Bonchev–Trinajstić information content (AvgIpc) is 2.60. The van der Waals surface area contributed by atoms with Crippen LogP contribution in [0.5, 0.6) is 0 Å². The molecule has 0 aromatic rings. The Balaban J connectivity index is 3.35. The summed E-state index contributed by atoms with van der Waals surface area (Å²) in [6.07, 6.45) is -10.1. The Morgan fingerprint density at radius 2 is 1.60 bits per heavy atom. The van der Waals surface area contributed by atoms with Crippen LogP contribution in [0.1, 0.15) is 20.8 Å². The molecule has 0 unspecified atom stereocenters. The van der Waals surface area contributed by atoms with E-state index in [1.807, 2.05) is 0 Å². The molecule has 0 aromatic heterocycles. The van der Waals surface area contributed by atoms with Crippen LogP contribution in [-0.4, -0.2) is 73.8 Å². The van der Waals surface area contributed by atoms with Gasteiger partial charge in [-0.1, -0.05) is 6.08 Å². The van der Waals surface area contributed by atoms with Crippen LogP contribution in [0.25, 0.3) is 0 Å². The van der Waals surface area contributed by atoms with E-state index >= 15 is 0 Å². The van der Waals surface area contributed by atoms with Gasteiger partial charge in [0.25, 0.3) is 0 Å². The fourth-order valence-electron chi connectivity index (χ4n) is 2.59. The zero-order valence-electron chi connectivity index (χ0n) is 16.4. The van der Waals surface area contributed by atoms with Gasteiger partial charge in [-0.05, 0) is 0 Å². The second kappa shape index (κ2) is 10.9. The number of carbonyl (C=O) groups excluding carboxylic acids is 4. The molecule has 1 heterocycles. The van der Waals surface area contributed by atoms with Crippen LogP contribution >= 0.6 is 0 Å². The number of hydrogen-bond donors (Lipinski definition) is 1. The summed E-state index contributed by atoms with van der Waals surface area (Å²) in [5, 5.41) is 1.64. The minimum atomic E-state index is -5.27. The van der Waals surface area contributed by atoms with Crippen molar-refractivity contribution in [3.05, 3.63) is 12.7 Å². The summed E-state index contributed by atoms with van der Waals surface area (Å²) < 4.78 is 64.1. The van der Waals surface area contributed by atoms with E-state index in [0.29, 0.717) is 0 Å².